The van der Waals surface area contributed by atoms with Gasteiger partial charge in [0, 0.05) is 5.41 Å². The molecule has 1 rings (SSSR count). The Balaban J connectivity index is 2.81. The van der Waals surface area contributed by atoms with E-state index < -0.39 is 5.41 Å². The standard InChI is InChI=1S/C13H21NO/c1-4-6-12(3,7-5-2)11(15)13(10-14)8-9-13/h4-9H2,1-3H3. The quantitative estimate of drug-likeness (QED) is 0.669. The van der Waals surface area contributed by atoms with Gasteiger partial charge in [0.25, 0.3) is 0 Å². The lowest BCUT2D eigenvalue weighted by Gasteiger charge is -2.29. The van der Waals surface area contributed by atoms with Crippen molar-refractivity contribution in [3.05, 3.63) is 0 Å². The molecule has 0 aromatic carbocycles. The summed E-state index contributed by atoms with van der Waals surface area (Å²) in [7, 11) is 0. The molecule has 1 fully saturated rings. The van der Waals surface area contributed by atoms with Gasteiger partial charge in [-0.15, -0.1) is 0 Å². The number of hydrogen-bond acceptors (Lipinski definition) is 2. The van der Waals surface area contributed by atoms with E-state index in [2.05, 4.69) is 19.9 Å². The molecular weight excluding hydrogens is 186 g/mol. The summed E-state index contributed by atoms with van der Waals surface area (Å²) in [6.07, 6.45) is 5.44. The van der Waals surface area contributed by atoms with Crippen molar-refractivity contribution in [1.29, 1.82) is 5.26 Å². The second kappa shape index (κ2) is 4.35. The molecule has 0 heterocycles. The maximum Gasteiger partial charge on any atom is 0.158 e. The third-order valence-electron chi connectivity index (χ3n) is 3.55. The summed E-state index contributed by atoms with van der Waals surface area (Å²) < 4.78 is 0. The zero-order valence-electron chi connectivity index (χ0n) is 10.1. The van der Waals surface area contributed by atoms with E-state index in [1.807, 2.05) is 6.92 Å². The number of nitriles is 1. The number of nitrogens with zero attached hydrogens (tertiary/aromatic N) is 1. The normalized spacial score (nSPS) is 18.3. The Bertz CT molecular complexity index is 277. The van der Waals surface area contributed by atoms with Gasteiger partial charge in [0.15, 0.2) is 5.78 Å². The maximum absolute atomic E-state index is 12.3. The second-order valence-corrected chi connectivity index (χ2v) is 5.08. The van der Waals surface area contributed by atoms with E-state index in [-0.39, 0.29) is 11.2 Å². The van der Waals surface area contributed by atoms with Crippen molar-refractivity contribution in [2.75, 3.05) is 0 Å². The first-order chi connectivity index (χ1) is 7.04. The van der Waals surface area contributed by atoms with Gasteiger partial charge in [-0.25, -0.2) is 0 Å². The fraction of sp³-hybridized carbons (Fsp3) is 0.846. The first-order valence-electron chi connectivity index (χ1n) is 6.01. The maximum atomic E-state index is 12.3. The van der Waals surface area contributed by atoms with Crippen LogP contribution in [-0.2, 0) is 4.79 Å². The third kappa shape index (κ3) is 2.22. The monoisotopic (exact) mass is 207 g/mol. The fourth-order valence-electron chi connectivity index (χ4n) is 2.55. The minimum Gasteiger partial charge on any atom is -0.297 e. The molecule has 0 saturated heterocycles. The minimum absolute atomic E-state index is 0.209. The van der Waals surface area contributed by atoms with Crippen molar-refractivity contribution in [3.63, 3.8) is 0 Å². The average Bonchev–Trinajstić information content (AvgIpc) is 2.98. The van der Waals surface area contributed by atoms with Crippen LogP contribution in [0.5, 0.6) is 0 Å². The van der Waals surface area contributed by atoms with Crippen LogP contribution in [-0.4, -0.2) is 5.78 Å². The molecule has 0 aromatic rings. The second-order valence-electron chi connectivity index (χ2n) is 5.08. The van der Waals surface area contributed by atoms with Crippen molar-refractivity contribution in [2.45, 2.75) is 59.3 Å². The van der Waals surface area contributed by atoms with Crippen LogP contribution in [0.15, 0.2) is 0 Å². The highest BCUT2D eigenvalue weighted by atomic mass is 16.1. The van der Waals surface area contributed by atoms with Crippen molar-refractivity contribution >= 4 is 5.78 Å². The summed E-state index contributed by atoms with van der Waals surface area (Å²) in [6.45, 7) is 6.25. The van der Waals surface area contributed by atoms with E-state index in [9.17, 15) is 4.79 Å². The van der Waals surface area contributed by atoms with Gasteiger partial charge in [-0.05, 0) is 25.7 Å². The van der Waals surface area contributed by atoms with Crippen molar-refractivity contribution in [2.24, 2.45) is 10.8 Å². The lowest BCUT2D eigenvalue weighted by molar-refractivity contribution is -0.132. The van der Waals surface area contributed by atoms with E-state index >= 15 is 0 Å². The predicted octanol–water partition coefficient (Wildman–Crippen LogP) is 3.47. The average molecular weight is 207 g/mol. The van der Waals surface area contributed by atoms with Crippen molar-refractivity contribution in [1.82, 2.24) is 0 Å². The summed E-state index contributed by atoms with van der Waals surface area (Å²) in [5.74, 6) is 0.209. The van der Waals surface area contributed by atoms with Crippen LogP contribution in [0.3, 0.4) is 0 Å². The summed E-state index contributed by atoms with van der Waals surface area (Å²) >= 11 is 0. The van der Waals surface area contributed by atoms with E-state index in [0.29, 0.717) is 0 Å². The molecule has 0 spiro atoms. The van der Waals surface area contributed by atoms with Gasteiger partial charge in [0.05, 0.1) is 6.07 Å². The van der Waals surface area contributed by atoms with Crippen LogP contribution < -0.4 is 0 Å². The molecule has 1 aliphatic rings. The molecule has 84 valence electrons. The lowest BCUT2D eigenvalue weighted by atomic mass is 9.72. The van der Waals surface area contributed by atoms with E-state index in [1.54, 1.807) is 0 Å². The zero-order valence-corrected chi connectivity index (χ0v) is 10.1. The van der Waals surface area contributed by atoms with E-state index in [1.165, 1.54) is 0 Å². The predicted molar refractivity (Wildman–Crippen MR) is 60.2 cm³/mol. The number of ketones is 1. The Morgan fingerprint density at radius 1 is 1.33 bits per heavy atom. The van der Waals surface area contributed by atoms with Gasteiger partial charge in [-0.2, -0.15) is 5.26 Å². The number of carbonyl (C=O) groups is 1. The molecule has 2 nitrogen and oxygen atoms in total. The largest absolute Gasteiger partial charge is 0.297 e. The molecule has 1 saturated carbocycles. The fourth-order valence-corrected chi connectivity index (χ4v) is 2.55. The molecule has 15 heavy (non-hydrogen) atoms. The molecule has 2 heteroatoms. The van der Waals surface area contributed by atoms with Crippen LogP contribution in [0.25, 0.3) is 0 Å². The molecule has 0 atom stereocenters. The Morgan fingerprint density at radius 2 is 1.80 bits per heavy atom. The first kappa shape index (κ1) is 12.2. The van der Waals surface area contributed by atoms with Gasteiger partial charge < -0.3 is 0 Å². The number of Topliss-reactive ketones (excluding diaryl/α,β-unsaturated/α-hetero) is 1. The SMILES string of the molecule is CCCC(C)(CCC)C(=O)C1(C#N)CC1. The summed E-state index contributed by atoms with van der Waals surface area (Å²) in [5.41, 5.74) is -0.852. The van der Waals surface area contributed by atoms with E-state index in [0.717, 1.165) is 38.5 Å². The highest BCUT2D eigenvalue weighted by Gasteiger charge is 2.55. The Hall–Kier alpha value is -0.840. The smallest absolute Gasteiger partial charge is 0.158 e. The topological polar surface area (TPSA) is 40.9 Å². The Kier molecular flexibility index (Phi) is 3.54. The highest BCUT2D eigenvalue weighted by Crippen LogP contribution is 2.52. The molecule has 0 amide bonds. The van der Waals surface area contributed by atoms with Gasteiger partial charge >= 0.3 is 0 Å². The molecule has 0 bridgehead atoms. The van der Waals surface area contributed by atoms with Gasteiger partial charge in [0.2, 0.25) is 0 Å². The number of rotatable bonds is 6. The molecule has 1 aliphatic carbocycles. The van der Waals surface area contributed by atoms with E-state index in [4.69, 9.17) is 5.26 Å². The Labute approximate surface area is 92.7 Å². The zero-order chi connectivity index (χ0) is 11.5. The van der Waals surface area contributed by atoms with Crippen LogP contribution >= 0.6 is 0 Å². The lowest BCUT2D eigenvalue weighted by Crippen LogP contribution is -2.34. The number of hydrogen-bond donors (Lipinski definition) is 0. The summed E-state index contributed by atoms with van der Waals surface area (Å²) in [5, 5.41) is 9.06. The van der Waals surface area contributed by atoms with Crippen LogP contribution in [0.1, 0.15) is 59.3 Å². The van der Waals surface area contributed by atoms with Gasteiger partial charge in [-0.3, -0.25) is 4.79 Å². The highest BCUT2D eigenvalue weighted by molar-refractivity contribution is 5.94. The molecule has 0 N–H and O–H groups in total. The molecule has 0 unspecified atom stereocenters. The molecule has 0 aliphatic heterocycles. The van der Waals surface area contributed by atoms with Crippen LogP contribution in [0.4, 0.5) is 0 Å². The molecule has 0 aromatic heterocycles. The molecule has 0 radical (unpaired) electrons. The summed E-state index contributed by atoms with van der Waals surface area (Å²) in [4.78, 5) is 12.3. The summed E-state index contributed by atoms with van der Waals surface area (Å²) in [6, 6.07) is 2.23. The van der Waals surface area contributed by atoms with Gasteiger partial charge in [0.1, 0.15) is 5.41 Å². The van der Waals surface area contributed by atoms with Crippen molar-refractivity contribution in [3.8, 4) is 6.07 Å². The third-order valence-corrected chi connectivity index (χ3v) is 3.55. The first-order valence-corrected chi connectivity index (χ1v) is 6.01. The van der Waals surface area contributed by atoms with Gasteiger partial charge in [-0.1, -0.05) is 33.6 Å². The Morgan fingerprint density at radius 3 is 2.07 bits per heavy atom. The van der Waals surface area contributed by atoms with Crippen molar-refractivity contribution < 1.29 is 4.79 Å². The molecular formula is C13H21NO. The minimum atomic E-state index is -0.598. The number of carbonyl (C=O) groups excluding carboxylic acids is 1. The van der Waals surface area contributed by atoms with Crippen LogP contribution in [0.2, 0.25) is 0 Å². The van der Waals surface area contributed by atoms with Crippen LogP contribution in [0, 0.1) is 22.2 Å².